The number of aromatic nitrogens is 9. The van der Waals surface area contributed by atoms with Gasteiger partial charge in [-0.15, -0.1) is 5.10 Å². The van der Waals surface area contributed by atoms with E-state index in [0.29, 0.717) is 11.8 Å². The SMILES string of the molecule is Cc1ccc(-c2ncn(-c3ccc(Nc4nccc(-c5cccc(-n6cncn6)c5)n4)cc3)n2)cn1. The molecule has 0 saturated carbocycles. The van der Waals surface area contributed by atoms with Crippen LogP contribution in [0.1, 0.15) is 5.69 Å². The summed E-state index contributed by atoms with van der Waals surface area (Å²) in [4.78, 5) is 21.8. The van der Waals surface area contributed by atoms with Crippen LogP contribution in [-0.2, 0) is 0 Å². The topological polar surface area (TPSA) is 112 Å². The summed E-state index contributed by atoms with van der Waals surface area (Å²) in [6.07, 6.45) is 8.38. The van der Waals surface area contributed by atoms with E-state index in [1.165, 1.54) is 6.33 Å². The molecule has 0 amide bonds. The van der Waals surface area contributed by atoms with E-state index < -0.39 is 0 Å². The average molecular weight is 473 g/mol. The molecule has 1 N–H and O–H groups in total. The first-order valence-corrected chi connectivity index (χ1v) is 11.2. The highest BCUT2D eigenvalue weighted by atomic mass is 15.3. The third-order valence-electron chi connectivity index (χ3n) is 5.53. The van der Waals surface area contributed by atoms with Crippen LogP contribution in [0.25, 0.3) is 34.0 Å². The van der Waals surface area contributed by atoms with Crippen molar-refractivity contribution < 1.29 is 0 Å². The zero-order valence-electron chi connectivity index (χ0n) is 19.3. The van der Waals surface area contributed by atoms with Crippen LogP contribution >= 0.6 is 0 Å². The van der Waals surface area contributed by atoms with Gasteiger partial charge in [-0.3, -0.25) is 4.98 Å². The Kier molecular flexibility index (Phi) is 5.43. The predicted octanol–water partition coefficient (Wildman–Crippen LogP) is 4.42. The molecule has 0 aliphatic rings. The van der Waals surface area contributed by atoms with E-state index >= 15 is 0 Å². The Morgan fingerprint density at radius 3 is 2.50 bits per heavy atom. The van der Waals surface area contributed by atoms with Crippen molar-refractivity contribution >= 4 is 11.6 Å². The fourth-order valence-corrected chi connectivity index (χ4v) is 3.68. The Labute approximate surface area is 206 Å². The second kappa shape index (κ2) is 9.18. The maximum absolute atomic E-state index is 4.68. The lowest BCUT2D eigenvalue weighted by molar-refractivity contribution is 0.879. The van der Waals surface area contributed by atoms with Gasteiger partial charge in [-0.05, 0) is 61.5 Å². The van der Waals surface area contributed by atoms with Gasteiger partial charge in [-0.1, -0.05) is 12.1 Å². The number of nitrogens with one attached hydrogen (secondary N) is 1. The van der Waals surface area contributed by atoms with Crippen LogP contribution in [0.4, 0.5) is 11.6 Å². The minimum atomic E-state index is 0.501. The molecule has 0 saturated heterocycles. The van der Waals surface area contributed by atoms with Crippen LogP contribution in [-0.4, -0.2) is 44.5 Å². The van der Waals surface area contributed by atoms with Gasteiger partial charge >= 0.3 is 0 Å². The van der Waals surface area contributed by atoms with Crippen molar-refractivity contribution in [1.29, 1.82) is 0 Å². The van der Waals surface area contributed by atoms with Crippen LogP contribution in [0.5, 0.6) is 0 Å². The average Bonchev–Trinajstić information content (AvgIpc) is 3.63. The van der Waals surface area contributed by atoms with Gasteiger partial charge in [0.1, 0.15) is 19.0 Å². The molecule has 0 atom stereocenters. The Morgan fingerprint density at radius 1 is 0.778 bits per heavy atom. The van der Waals surface area contributed by atoms with Crippen molar-refractivity contribution in [2.24, 2.45) is 0 Å². The molecule has 0 fully saturated rings. The minimum absolute atomic E-state index is 0.501. The van der Waals surface area contributed by atoms with Crippen molar-refractivity contribution in [3.63, 3.8) is 0 Å². The second-order valence-corrected chi connectivity index (χ2v) is 8.03. The molecule has 0 bridgehead atoms. The monoisotopic (exact) mass is 472 g/mol. The molecule has 0 aliphatic carbocycles. The molecule has 4 heterocycles. The molecule has 36 heavy (non-hydrogen) atoms. The van der Waals surface area contributed by atoms with E-state index in [4.69, 9.17) is 0 Å². The van der Waals surface area contributed by atoms with Crippen molar-refractivity contribution in [1.82, 2.24) is 44.5 Å². The Hall–Kier alpha value is -5.25. The molecule has 174 valence electrons. The lowest BCUT2D eigenvalue weighted by atomic mass is 10.1. The molecule has 0 unspecified atom stereocenters. The normalized spacial score (nSPS) is 10.9. The summed E-state index contributed by atoms with van der Waals surface area (Å²) < 4.78 is 3.44. The summed E-state index contributed by atoms with van der Waals surface area (Å²) in [5, 5.41) is 12.0. The molecule has 10 heteroatoms. The number of hydrogen-bond acceptors (Lipinski definition) is 8. The number of hydrogen-bond donors (Lipinski definition) is 1. The molecule has 2 aromatic carbocycles. The van der Waals surface area contributed by atoms with E-state index in [1.54, 1.807) is 34.4 Å². The molecule has 0 aliphatic heterocycles. The van der Waals surface area contributed by atoms with E-state index in [0.717, 1.165) is 39.6 Å². The second-order valence-electron chi connectivity index (χ2n) is 8.03. The van der Waals surface area contributed by atoms with Gasteiger partial charge in [0.2, 0.25) is 5.95 Å². The number of nitrogens with zero attached hydrogens (tertiary/aromatic N) is 9. The first-order valence-electron chi connectivity index (χ1n) is 11.2. The van der Waals surface area contributed by atoms with Gasteiger partial charge in [0.15, 0.2) is 5.82 Å². The van der Waals surface area contributed by atoms with Gasteiger partial charge in [-0.25, -0.2) is 29.3 Å². The van der Waals surface area contributed by atoms with E-state index in [1.807, 2.05) is 73.7 Å². The summed E-state index contributed by atoms with van der Waals surface area (Å²) in [5.74, 6) is 1.13. The fraction of sp³-hybridized carbons (Fsp3) is 0.0385. The molecule has 0 radical (unpaired) electrons. The number of aryl methyl sites for hydroxylation is 1. The lowest BCUT2D eigenvalue weighted by Gasteiger charge is -2.09. The van der Waals surface area contributed by atoms with Gasteiger partial charge < -0.3 is 5.32 Å². The van der Waals surface area contributed by atoms with Crippen LogP contribution in [0, 0.1) is 6.92 Å². The summed E-state index contributed by atoms with van der Waals surface area (Å²) in [5.41, 5.74) is 6.23. The first kappa shape index (κ1) is 21.3. The third-order valence-corrected chi connectivity index (χ3v) is 5.53. The van der Waals surface area contributed by atoms with Gasteiger partial charge in [0.25, 0.3) is 0 Å². The molecule has 6 aromatic rings. The highest BCUT2D eigenvalue weighted by Gasteiger charge is 2.08. The standard InChI is InChI=1S/C26H20N10/c1-18-5-6-20(14-29-18)25-30-17-36(34-25)22-9-7-21(8-10-22)32-26-28-12-11-24(33-26)19-3-2-4-23(13-19)35-16-27-15-31-35/h2-17H,1H3,(H,28,32,33). The molecule has 0 spiro atoms. The summed E-state index contributed by atoms with van der Waals surface area (Å²) in [6, 6.07) is 21.5. The van der Waals surface area contributed by atoms with Crippen LogP contribution in [0.2, 0.25) is 0 Å². The zero-order valence-corrected chi connectivity index (χ0v) is 19.3. The molecular formula is C26H20N10. The smallest absolute Gasteiger partial charge is 0.227 e. The predicted molar refractivity (Wildman–Crippen MR) is 135 cm³/mol. The van der Waals surface area contributed by atoms with Gasteiger partial charge in [0, 0.05) is 34.9 Å². The maximum Gasteiger partial charge on any atom is 0.227 e. The van der Waals surface area contributed by atoms with E-state index in [9.17, 15) is 0 Å². The van der Waals surface area contributed by atoms with Crippen molar-refractivity contribution in [3.05, 3.63) is 104 Å². The van der Waals surface area contributed by atoms with Gasteiger partial charge in [0.05, 0.1) is 17.1 Å². The van der Waals surface area contributed by atoms with Crippen molar-refractivity contribution in [3.8, 4) is 34.0 Å². The van der Waals surface area contributed by atoms with Crippen molar-refractivity contribution in [2.75, 3.05) is 5.32 Å². The highest BCUT2D eigenvalue weighted by Crippen LogP contribution is 2.23. The Morgan fingerprint density at radius 2 is 1.69 bits per heavy atom. The number of rotatable bonds is 6. The Balaban J connectivity index is 1.19. The van der Waals surface area contributed by atoms with E-state index in [-0.39, 0.29) is 0 Å². The fourth-order valence-electron chi connectivity index (χ4n) is 3.68. The number of benzene rings is 2. The van der Waals surface area contributed by atoms with E-state index in [2.05, 4.69) is 40.4 Å². The maximum atomic E-state index is 4.68. The van der Waals surface area contributed by atoms with Crippen molar-refractivity contribution in [2.45, 2.75) is 6.92 Å². The number of pyridine rings is 1. The Bertz CT molecular complexity index is 1600. The van der Waals surface area contributed by atoms with Gasteiger partial charge in [-0.2, -0.15) is 5.10 Å². The van der Waals surface area contributed by atoms with Crippen LogP contribution in [0.15, 0.2) is 98.1 Å². The third kappa shape index (κ3) is 4.42. The van der Waals surface area contributed by atoms with Crippen LogP contribution < -0.4 is 5.32 Å². The zero-order chi connectivity index (χ0) is 24.3. The van der Waals surface area contributed by atoms with Crippen LogP contribution in [0.3, 0.4) is 0 Å². The lowest BCUT2D eigenvalue weighted by Crippen LogP contribution is -2.00. The molecule has 10 nitrogen and oxygen atoms in total. The molecule has 4 aromatic heterocycles. The summed E-state index contributed by atoms with van der Waals surface area (Å²) in [6.45, 7) is 1.95. The molecule has 6 rings (SSSR count). The highest BCUT2D eigenvalue weighted by molar-refractivity contribution is 5.64. The summed E-state index contributed by atoms with van der Waals surface area (Å²) >= 11 is 0. The first-order chi connectivity index (χ1) is 17.7. The number of anilines is 2. The minimum Gasteiger partial charge on any atom is -0.324 e. The molecular weight excluding hydrogens is 452 g/mol. The largest absolute Gasteiger partial charge is 0.324 e. The quantitative estimate of drug-likeness (QED) is 0.379. The summed E-state index contributed by atoms with van der Waals surface area (Å²) in [7, 11) is 0.